The highest BCUT2D eigenvalue weighted by Gasteiger charge is 2.49. The van der Waals surface area contributed by atoms with Gasteiger partial charge in [-0.05, 0) is 74.1 Å². The Morgan fingerprint density at radius 1 is 1.02 bits per heavy atom. The summed E-state index contributed by atoms with van der Waals surface area (Å²) in [5.41, 5.74) is 6.10. The molecule has 1 N–H and O–H groups in total. The molecule has 6 rings (SSSR count). The molecule has 3 fully saturated rings. The van der Waals surface area contributed by atoms with Crippen LogP contribution in [0.25, 0.3) is 11.3 Å². The fourth-order valence-electron chi connectivity index (χ4n) is 7.63. The van der Waals surface area contributed by atoms with Gasteiger partial charge in [-0.3, -0.25) is 4.79 Å². The van der Waals surface area contributed by atoms with Gasteiger partial charge in [-0.2, -0.15) is 0 Å². The number of nitrogens with zero attached hydrogens (tertiary/aromatic N) is 2. The molecule has 4 aliphatic rings. The number of benzene rings is 1. The third-order valence-electron chi connectivity index (χ3n) is 10.5. The molecular weight excluding hydrogens is 512 g/mol. The molecule has 224 valence electrons. The van der Waals surface area contributed by atoms with Gasteiger partial charge in [0, 0.05) is 74.1 Å². The molecule has 41 heavy (non-hydrogen) atoms. The highest BCUT2D eigenvalue weighted by Crippen LogP contribution is 2.58. The van der Waals surface area contributed by atoms with Gasteiger partial charge in [-0.25, -0.2) is 0 Å². The van der Waals surface area contributed by atoms with Crippen LogP contribution in [0.1, 0.15) is 112 Å². The van der Waals surface area contributed by atoms with E-state index in [9.17, 15) is 9.90 Å². The van der Waals surface area contributed by atoms with Crippen LogP contribution < -0.4 is 4.74 Å². The molecule has 2 aliphatic carbocycles. The Labute approximate surface area is 246 Å². The number of rotatable bonds is 6. The van der Waals surface area contributed by atoms with Gasteiger partial charge in [-0.1, -0.05) is 40.0 Å². The molecule has 6 nitrogen and oxygen atoms in total. The predicted octanol–water partition coefficient (Wildman–Crippen LogP) is 6.77. The summed E-state index contributed by atoms with van der Waals surface area (Å²) >= 11 is 0. The van der Waals surface area contributed by atoms with Gasteiger partial charge in [0.25, 0.3) is 5.91 Å². The molecule has 6 heteroatoms. The summed E-state index contributed by atoms with van der Waals surface area (Å²) in [6.45, 7) is 12.1. The minimum Gasteiger partial charge on any atom is -0.493 e. The zero-order valence-corrected chi connectivity index (χ0v) is 26.0. The number of aromatic nitrogens is 1. The van der Waals surface area contributed by atoms with E-state index >= 15 is 0 Å². The van der Waals surface area contributed by atoms with Gasteiger partial charge in [-0.15, -0.1) is 0 Å². The molecule has 1 aromatic heterocycles. The molecule has 1 aromatic carbocycles. The summed E-state index contributed by atoms with van der Waals surface area (Å²) in [7, 11) is 1.83. The van der Waals surface area contributed by atoms with Crippen LogP contribution in [0.4, 0.5) is 0 Å². The first-order valence-corrected chi connectivity index (χ1v) is 16.1. The van der Waals surface area contributed by atoms with Crippen LogP contribution in [0.15, 0.2) is 18.2 Å². The summed E-state index contributed by atoms with van der Waals surface area (Å²) < 4.78 is 14.3. The Hall–Kier alpha value is -2.31. The third kappa shape index (κ3) is 5.59. The Morgan fingerprint density at radius 2 is 1.73 bits per heavy atom. The molecule has 0 unspecified atom stereocenters. The molecule has 3 heterocycles. The number of likely N-dealkylation sites (N-methyl/N-ethyl adjacent to an activating group) is 1. The van der Waals surface area contributed by atoms with Crippen LogP contribution in [0, 0.1) is 12.8 Å². The maximum absolute atomic E-state index is 14.0. The average molecular weight is 563 g/mol. The van der Waals surface area contributed by atoms with Gasteiger partial charge in [0.05, 0.1) is 17.8 Å². The second-order valence-corrected chi connectivity index (χ2v) is 14.7. The van der Waals surface area contributed by atoms with E-state index in [1.807, 2.05) is 7.05 Å². The van der Waals surface area contributed by atoms with Crippen molar-refractivity contribution in [2.45, 2.75) is 115 Å². The van der Waals surface area contributed by atoms with E-state index in [1.165, 1.54) is 61.6 Å². The first-order chi connectivity index (χ1) is 19.5. The lowest BCUT2D eigenvalue weighted by Crippen LogP contribution is -2.47. The van der Waals surface area contributed by atoms with Gasteiger partial charge in [0.15, 0.2) is 0 Å². The van der Waals surface area contributed by atoms with E-state index in [-0.39, 0.29) is 16.7 Å². The lowest BCUT2D eigenvalue weighted by atomic mass is 9.79. The minimum absolute atomic E-state index is 0.0120. The van der Waals surface area contributed by atoms with Gasteiger partial charge >= 0.3 is 0 Å². The van der Waals surface area contributed by atoms with E-state index in [0.29, 0.717) is 38.5 Å². The second kappa shape index (κ2) is 10.8. The normalized spacial score (nSPS) is 21.8. The Kier molecular flexibility index (Phi) is 7.55. The molecule has 2 saturated carbocycles. The van der Waals surface area contributed by atoms with Crippen molar-refractivity contribution in [1.29, 1.82) is 0 Å². The SMILES string of the molecule is Cc1c(C(=O)N(C)CC2(O)CCOCC2)cc(-c2cc(C(C)(C)C)c3c(c2)C2(CCO3)CC2)n1CC1CCCCC1. The smallest absolute Gasteiger partial charge is 0.255 e. The lowest BCUT2D eigenvalue weighted by molar-refractivity contribution is -0.0734. The first kappa shape index (κ1) is 28.8. The fourth-order valence-corrected chi connectivity index (χ4v) is 7.63. The number of aliphatic hydroxyl groups is 1. The van der Waals surface area contributed by atoms with Crippen molar-refractivity contribution in [3.05, 3.63) is 40.6 Å². The molecule has 1 spiro atoms. The summed E-state index contributed by atoms with van der Waals surface area (Å²) in [6, 6.07) is 6.88. The largest absolute Gasteiger partial charge is 0.493 e. The van der Waals surface area contributed by atoms with Crippen LogP contribution >= 0.6 is 0 Å². The van der Waals surface area contributed by atoms with Crippen LogP contribution in [0.3, 0.4) is 0 Å². The van der Waals surface area contributed by atoms with Crippen molar-refractivity contribution < 1.29 is 19.4 Å². The molecule has 0 bridgehead atoms. The standard InChI is InChI=1S/C35H50N2O4/c1-24-27(32(38)36(5)23-35(39)14-16-40-17-15-35)21-30(37(24)22-25-9-7-6-8-10-25)26-19-28(33(2,3)4)31-29(20-26)34(11-12-34)13-18-41-31/h19-21,25,39H,6-18,22-23H2,1-5H3. The van der Waals surface area contributed by atoms with Crippen LogP contribution in [0.5, 0.6) is 5.75 Å². The lowest BCUT2D eigenvalue weighted by Gasteiger charge is -2.35. The molecule has 1 amide bonds. The monoisotopic (exact) mass is 562 g/mol. The second-order valence-electron chi connectivity index (χ2n) is 14.7. The van der Waals surface area contributed by atoms with Crippen molar-refractivity contribution in [2.75, 3.05) is 33.4 Å². The van der Waals surface area contributed by atoms with Crippen molar-refractivity contribution >= 4 is 5.91 Å². The summed E-state index contributed by atoms with van der Waals surface area (Å²) in [5.74, 6) is 1.73. The molecule has 0 radical (unpaired) electrons. The maximum Gasteiger partial charge on any atom is 0.255 e. The van der Waals surface area contributed by atoms with Crippen molar-refractivity contribution in [3.63, 3.8) is 0 Å². The highest BCUT2D eigenvalue weighted by atomic mass is 16.5. The zero-order valence-electron chi connectivity index (χ0n) is 26.0. The van der Waals surface area contributed by atoms with E-state index in [1.54, 1.807) is 4.90 Å². The molecule has 1 saturated heterocycles. The Bertz CT molecular complexity index is 1270. The molecule has 0 atom stereocenters. The zero-order chi connectivity index (χ0) is 29.0. The van der Waals surface area contributed by atoms with Gasteiger partial charge < -0.3 is 24.0 Å². The van der Waals surface area contributed by atoms with E-state index in [0.717, 1.165) is 42.3 Å². The highest BCUT2D eigenvalue weighted by molar-refractivity contribution is 5.97. The third-order valence-corrected chi connectivity index (χ3v) is 10.5. The van der Waals surface area contributed by atoms with Crippen molar-refractivity contribution in [1.82, 2.24) is 9.47 Å². The predicted molar refractivity (Wildman–Crippen MR) is 163 cm³/mol. The molecule has 2 aliphatic heterocycles. The Morgan fingerprint density at radius 3 is 2.39 bits per heavy atom. The van der Waals surface area contributed by atoms with E-state index in [2.05, 4.69) is 50.5 Å². The number of fused-ring (bicyclic) bond motifs is 2. The van der Waals surface area contributed by atoms with Gasteiger partial charge in [0.1, 0.15) is 5.75 Å². The number of carbonyl (C=O) groups excluding carboxylic acids is 1. The quantitative estimate of drug-likeness (QED) is 0.422. The molecular formula is C35H50N2O4. The number of amides is 1. The molecule has 2 aromatic rings. The fraction of sp³-hybridized carbons (Fsp3) is 0.686. The summed E-state index contributed by atoms with van der Waals surface area (Å²) in [5, 5.41) is 11.1. The number of carbonyl (C=O) groups is 1. The van der Waals surface area contributed by atoms with E-state index in [4.69, 9.17) is 9.47 Å². The van der Waals surface area contributed by atoms with Crippen LogP contribution in [-0.2, 0) is 22.1 Å². The first-order valence-electron chi connectivity index (χ1n) is 16.1. The van der Waals surface area contributed by atoms with Gasteiger partial charge in [0.2, 0.25) is 0 Å². The number of hydrogen-bond donors (Lipinski definition) is 1. The van der Waals surface area contributed by atoms with Crippen LogP contribution in [-0.4, -0.2) is 59.5 Å². The average Bonchev–Trinajstić information content (AvgIpc) is 3.64. The number of ether oxygens (including phenoxy) is 2. The van der Waals surface area contributed by atoms with E-state index < -0.39 is 5.60 Å². The van der Waals surface area contributed by atoms with Crippen LogP contribution in [0.2, 0.25) is 0 Å². The topological polar surface area (TPSA) is 63.9 Å². The minimum atomic E-state index is -0.886. The Balaban J connectivity index is 1.42. The summed E-state index contributed by atoms with van der Waals surface area (Å²) in [4.78, 5) is 15.7. The van der Waals surface area contributed by atoms with Crippen molar-refractivity contribution in [2.24, 2.45) is 5.92 Å². The number of hydrogen-bond acceptors (Lipinski definition) is 4. The summed E-state index contributed by atoms with van der Waals surface area (Å²) in [6.07, 6.45) is 11.1. The maximum atomic E-state index is 14.0. The van der Waals surface area contributed by atoms with Crippen molar-refractivity contribution in [3.8, 4) is 17.0 Å².